The van der Waals surface area contributed by atoms with Crippen LogP contribution in [0.25, 0.3) is 0 Å². The van der Waals surface area contributed by atoms with Gasteiger partial charge in [-0.3, -0.25) is 14.4 Å². The van der Waals surface area contributed by atoms with Gasteiger partial charge in [-0.1, -0.05) is 57.5 Å². The number of carbonyl (C=O) groups excluding carboxylic acids is 3. The topological polar surface area (TPSA) is 134 Å². The van der Waals surface area contributed by atoms with Crippen LogP contribution in [0.2, 0.25) is 0 Å². The lowest BCUT2D eigenvalue weighted by atomic mass is 9.90. The Morgan fingerprint density at radius 1 is 1.15 bits per heavy atom. The van der Waals surface area contributed by atoms with Crippen molar-refractivity contribution in [3.63, 3.8) is 0 Å². The Morgan fingerprint density at radius 3 is 2.35 bits per heavy atom. The van der Waals surface area contributed by atoms with E-state index < -0.39 is 30.3 Å². The van der Waals surface area contributed by atoms with Crippen molar-refractivity contribution < 1.29 is 29.0 Å². The van der Waals surface area contributed by atoms with Gasteiger partial charge >= 0.3 is 0 Å². The molecule has 0 aliphatic carbocycles. The molecule has 4 N–H and O–H groups in total. The van der Waals surface area contributed by atoms with Crippen LogP contribution >= 0.6 is 0 Å². The van der Waals surface area contributed by atoms with Gasteiger partial charge in [0.25, 0.3) is 0 Å². The van der Waals surface area contributed by atoms with Crippen molar-refractivity contribution in [1.29, 1.82) is 0 Å². The highest BCUT2D eigenvalue weighted by Crippen LogP contribution is 2.29. The number of ether oxygens (including phenoxy) is 2. The largest absolute Gasteiger partial charge is 0.386 e. The number of rotatable bonds is 15. The first-order chi connectivity index (χ1) is 19.0. The fourth-order valence-electron chi connectivity index (χ4n) is 5.84. The van der Waals surface area contributed by atoms with E-state index in [2.05, 4.69) is 5.32 Å². The molecule has 0 aromatic heterocycles. The normalized spacial score (nSPS) is 20.6. The number of amides is 3. The number of hydrogen-bond donors (Lipinski definition) is 3. The van der Waals surface area contributed by atoms with Crippen molar-refractivity contribution in [1.82, 2.24) is 15.1 Å². The minimum Gasteiger partial charge on any atom is -0.386 e. The molecule has 226 valence electrons. The van der Waals surface area contributed by atoms with Crippen LogP contribution in [0.3, 0.4) is 0 Å². The maximum atomic E-state index is 13.7. The van der Waals surface area contributed by atoms with Crippen LogP contribution in [0.4, 0.5) is 0 Å². The van der Waals surface area contributed by atoms with E-state index >= 15 is 0 Å². The van der Waals surface area contributed by atoms with Crippen molar-refractivity contribution in [3.8, 4) is 0 Å². The average Bonchev–Trinajstić information content (AvgIpc) is 3.45. The van der Waals surface area contributed by atoms with Crippen LogP contribution in [-0.2, 0) is 23.9 Å². The molecule has 0 bridgehead atoms. The fraction of sp³-hybridized carbons (Fsp3) is 0.700. The number of hydrogen-bond acceptors (Lipinski definition) is 7. The second-order valence-corrected chi connectivity index (χ2v) is 11.0. The lowest BCUT2D eigenvalue weighted by Gasteiger charge is -2.39. The number of likely N-dealkylation sites (tertiary alicyclic amines) is 1. The first-order valence-corrected chi connectivity index (χ1v) is 14.4. The second kappa shape index (κ2) is 16.0. The summed E-state index contributed by atoms with van der Waals surface area (Å²) in [5.74, 6) is -1.02. The van der Waals surface area contributed by atoms with Crippen LogP contribution < -0.4 is 11.1 Å². The first-order valence-electron chi connectivity index (χ1n) is 14.4. The third-order valence-corrected chi connectivity index (χ3v) is 8.46. The summed E-state index contributed by atoms with van der Waals surface area (Å²) in [7, 11) is 4.82. The molecule has 1 fully saturated rings. The number of methoxy groups -OCH3 is 2. The molecule has 2 rings (SSSR count). The molecule has 1 aliphatic rings. The molecular formula is C30H50N4O6. The molecule has 0 spiro atoms. The minimum atomic E-state index is -0.850. The van der Waals surface area contributed by atoms with Gasteiger partial charge in [-0.15, -0.1) is 0 Å². The zero-order valence-corrected chi connectivity index (χ0v) is 25.2. The number of aliphatic hydroxyl groups excluding tert-OH is 1. The maximum absolute atomic E-state index is 13.7. The minimum absolute atomic E-state index is 0.0938. The predicted molar refractivity (Wildman–Crippen MR) is 154 cm³/mol. The molecule has 3 amide bonds. The monoisotopic (exact) mass is 562 g/mol. The molecule has 1 aromatic carbocycles. The molecule has 1 saturated heterocycles. The van der Waals surface area contributed by atoms with Gasteiger partial charge in [0.2, 0.25) is 17.7 Å². The molecule has 1 aliphatic heterocycles. The van der Waals surface area contributed by atoms with Crippen LogP contribution in [0.15, 0.2) is 30.3 Å². The zero-order valence-electron chi connectivity index (χ0n) is 25.2. The molecule has 0 saturated carbocycles. The van der Waals surface area contributed by atoms with E-state index in [-0.39, 0.29) is 48.7 Å². The van der Waals surface area contributed by atoms with Crippen molar-refractivity contribution >= 4 is 17.7 Å². The lowest BCUT2D eigenvalue weighted by molar-refractivity contribution is -0.145. The van der Waals surface area contributed by atoms with E-state index in [0.29, 0.717) is 13.0 Å². The van der Waals surface area contributed by atoms with Crippen molar-refractivity contribution in [2.75, 3.05) is 34.4 Å². The highest BCUT2D eigenvalue weighted by Gasteiger charge is 2.42. The van der Waals surface area contributed by atoms with Gasteiger partial charge in [0.15, 0.2) is 0 Å². The Kier molecular flexibility index (Phi) is 13.5. The van der Waals surface area contributed by atoms with E-state index in [4.69, 9.17) is 15.2 Å². The molecule has 8 atom stereocenters. The molecule has 1 aromatic rings. The number of aliphatic hydroxyl groups is 1. The van der Waals surface area contributed by atoms with Gasteiger partial charge in [-0.25, -0.2) is 0 Å². The van der Waals surface area contributed by atoms with Gasteiger partial charge in [0.05, 0.1) is 55.3 Å². The third kappa shape index (κ3) is 8.25. The van der Waals surface area contributed by atoms with Gasteiger partial charge in [0, 0.05) is 27.8 Å². The van der Waals surface area contributed by atoms with E-state index in [1.54, 1.807) is 44.9 Å². The van der Waals surface area contributed by atoms with Crippen LogP contribution in [0.5, 0.6) is 0 Å². The Bertz CT molecular complexity index is 947. The number of likely N-dealkylation sites (N-methyl/N-ethyl adjacent to an activating group) is 1. The summed E-state index contributed by atoms with van der Waals surface area (Å²) in [5.41, 5.74) is 6.35. The molecule has 1 heterocycles. The second-order valence-electron chi connectivity index (χ2n) is 11.0. The number of carbonyl (C=O) groups is 3. The molecule has 1 unspecified atom stereocenters. The standard InChI is InChI=1S/C30H50N4O6/c1-8-19(2)27(33(5)26(36)18-31)24(39-6)17-25(35)34-16-12-15-23(34)29(40-7)20(3)30(38)32-21(4)28(37)22-13-10-9-11-14-22/h9-11,13-14,19-21,23-24,27-29,37H,8,12,15-18,31H2,1-7H3,(H,32,38)/t19-,20+,21+,23-,24+,27?,28+,29+/m0/s1. The summed E-state index contributed by atoms with van der Waals surface area (Å²) < 4.78 is 11.6. The molecule has 10 nitrogen and oxygen atoms in total. The quantitative estimate of drug-likeness (QED) is 0.298. The van der Waals surface area contributed by atoms with E-state index in [9.17, 15) is 19.5 Å². The summed E-state index contributed by atoms with van der Waals surface area (Å²) in [6.07, 6.45) is 0.529. The molecule has 10 heteroatoms. The highest BCUT2D eigenvalue weighted by atomic mass is 16.5. The Morgan fingerprint density at radius 2 is 1.80 bits per heavy atom. The first kappa shape index (κ1) is 33.7. The van der Waals surface area contributed by atoms with Crippen LogP contribution in [0, 0.1) is 11.8 Å². The average molecular weight is 563 g/mol. The number of nitrogens with two attached hydrogens (primary N) is 1. The number of nitrogens with zero attached hydrogens (tertiary/aromatic N) is 2. The molecule has 40 heavy (non-hydrogen) atoms. The smallest absolute Gasteiger partial charge is 0.236 e. The number of nitrogens with one attached hydrogen (secondary N) is 1. The molecular weight excluding hydrogens is 512 g/mol. The van der Waals surface area contributed by atoms with Gasteiger partial charge in [0.1, 0.15) is 0 Å². The van der Waals surface area contributed by atoms with Crippen molar-refractivity contribution in [3.05, 3.63) is 35.9 Å². The van der Waals surface area contributed by atoms with E-state index in [1.807, 2.05) is 44.2 Å². The summed E-state index contributed by atoms with van der Waals surface area (Å²) in [6.45, 7) is 8.08. The van der Waals surface area contributed by atoms with Gasteiger partial charge < -0.3 is 35.4 Å². The van der Waals surface area contributed by atoms with E-state index in [1.165, 1.54) is 0 Å². The zero-order chi connectivity index (χ0) is 30.0. The predicted octanol–water partition coefficient (Wildman–Crippen LogP) is 2.10. The Labute approximate surface area is 239 Å². The Balaban J connectivity index is 2.14. The lowest BCUT2D eigenvalue weighted by Crippen LogP contribution is -2.54. The fourth-order valence-corrected chi connectivity index (χ4v) is 5.84. The summed E-state index contributed by atoms with van der Waals surface area (Å²) in [4.78, 5) is 42.7. The van der Waals surface area contributed by atoms with Crippen molar-refractivity contribution in [2.45, 2.75) is 89.8 Å². The Hall–Kier alpha value is -2.53. The highest BCUT2D eigenvalue weighted by molar-refractivity contribution is 5.81. The maximum Gasteiger partial charge on any atom is 0.236 e. The van der Waals surface area contributed by atoms with Gasteiger partial charge in [-0.05, 0) is 31.2 Å². The van der Waals surface area contributed by atoms with Crippen molar-refractivity contribution in [2.24, 2.45) is 17.6 Å². The van der Waals surface area contributed by atoms with Gasteiger partial charge in [-0.2, -0.15) is 0 Å². The van der Waals surface area contributed by atoms with Crippen LogP contribution in [-0.4, -0.2) is 97.3 Å². The SMILES string of the molecule is CC[C@H](C)C([C@@H](CC(=O)N1CCC[C@H]1[C@H](OC)[C@@H](C)C(=O)N[C@H](C)[C@@H](O)c1ccccc1)OC)N(C)C(=O)CN. The molecule has 0 radical (unpaired) electrons. The van der Waals surface area contributed by atoms with Crippen LogP contribution in [0.1, 0.15) is 65.0 Å². The summed E-state index contributed by atoms with van der Waals surface area (Å²) in [6, 6.07) is 8.10. The third-order valence-electron chi connectivity index (χ3n) is 8.46. The summed E-state index contributed by atoms with van der Waals surface area (Å²) in [5, 5.41) is 13.6. The van der Waals surface area contributed by atoms with E-state index in [0.717, 1.165) is 18.4 Å². The summed E-state index contributed by atoms with van der Waals surface area (Å²) >= 11 is 0. The number of benzene rings is 1.